The molecule has 200 valence electrons. The SMILES string of the molecule is CC(CNCc1ccccc1NS(=O)(=O)c1ccc(NS(=O)(=O)c2cccs2)c(O)c1)C1CCCCC1. The molecule has 1 fully saturated rings. The Morgan fingerprint density at radius 1 is 0.919 bits per heavy atom. The topological polar surface area (TPSA) is 125 Å². The van der Waals surface area contributed by atoms with Crippen LogP contribution in [-0.4, -0.2) is 28.5 Å². The highest BCUT2D eigenvalue weighted by atomic mass is 32.2. The van der Waals surface area contributed by atoms with Crippen LogP contribution < -0.4 is 14.8 Å². The zero-order valence-electron chi connectivity index (χ0n) is 20.7. The van der Waals surface area contributed by atoms with E-state index in [-0.39, 0.29) is 14.8 Å². The highest BCUT2D eigenvalue weighted by molar-refractivity contribution is 7.94. The van der Waals surface area contributed by atoms with Gasteiger partial charge in [-0.25, -0.2) is 16.8 Å². The number of phenolic OH excluding ortho intramolecular Hbond substituents is 1. The second-order valence-corrected chi connectivity index (χ2v) is 14.0. The molecule has 2 aromatic carbocycles. The van der Waals surface area contributed by atoms with E-state index in [1.54, 1.807) is 23.6 Å². The normalized spacial score (nSPS) is 15.8. The molecule has 1 saturated carbocycles. The summed E-state index contributed by atoms with van der Waals surface area (Å²) in [6, 6.07) is 13.7. The maximum Gasteiger partial charge on any atom is 0.271 e. The van der Waals surface area contributed by atoms with Crippen molar-refractivity contribution in [2.45, 2.75) is 54.7 Å². The van der Waals surface area contributed by atoms with E-state index >= 15 is 0 Å². The Morgan fingerprint density at radius 3 is 2.35 bits per heavy atom. The number of hydrogen-bond acceptors (Lipinski definition) is 7. The van der Waals surface area contributed by atoms with Crippen molar-refractivity contribution in [2.24, 2.45) is 11.8 Å². The molecule has 0 saturated heterocycles. The number of nitrogens with one attached hydrogen (secondary N) is 3. The lowest BCUT2D eigenvalue weighted by atomic mass is 9.81. The first-order valence-corrected chi connectivity index (χ1v) is 16.2. The second kappa shape index (κ2) is 11.8. The molecule has 4 rings (SSSR count). The van der Waals surface area contributed by atoms with Crippen LogP contribution in [0.1, 0.15) is 44.6 Å². The molecule has 0 radical (unpaired) electrons. The molecule has 1 atom stereocenters. The van der Waals surface area contributed by atoms with Gasteiger partial charge in [0.1, 0.15) is 9.96 Å². The average Bonchev–Trinajstić information content (AvgIpc) is 3.43. The Kier molecular flexibility index (Phi) is 8.79. The Labute approximate surface area is 223 Å². The standard InChI is InChI=1S/C26H33N3O5S3/c1-19(20-8-3-2-4-9-20)17-27-18-21-10-5-6-11-23(21)28-36(31,32)22-13-14-24(25(30)16-22)29-37(33,34)26-12-7-15-35-26/h5-7,10-16,19-20,27-30H,2-4,8-9,17-18H2,1H3. The van der Waals surface area contributed by atoms with Crippen LogP contribution in [0, 0.1) is 11.8 Å². The van der Waals surface area contributed by atoms with Crippen LogP contribution in [0.5, 0.6) is 5.75 Å². The Balaban J connectivity index is 1.42. The van der Waals surface area contributed by atoms with Gasteiger partial charge < -0.3 is 10.4 Å². The highest BCUT2D eigenvalue weighted by Gasteiger charge is 2.22. The number of rotatable bonds is 11. The predicted molar refractivity (Wildman–Crippen MR) is 148 cm³/mol. The Morgan fingerprint density at radius 2 is 1.65 bits per heavy atom. The van der Waals surface area contributed by atoms with Gasteiger partial charge in [-0.05, 0) is 53.6 Å². The lowest BCUT2D eigenvalue weighted by Gasteiger charge is -2.28. The van der Waals surface area contributed by atoms with Crippen molar-refractivity contribution in [1.82, 2.24) is 5.32 Å². The molecule has 3 aromatic rings. The van der Waals surface area contributed by atoms with Crippen molar-refractivity contribution in [1.29, 1.82) is 0 Å². The summed E-state index contributed by atoms with van der Waals surface area (Å²) in [5.74, 6) is 0.804. The molecule has 0 aliphatic heterocycles. The third kappa shape index (κ3) is 7.04. The molecule has 37 heavy (non-hydrogen) atoms. The summed E-state index contributed by atoms with van der Waals surface area (Å²) < 4.78 is 56.1. The number of aromatic hydroxyl groups is 1. The van der Waals surface area contributed by atoms with Crippen LogP contribution in [0.2, 0.25) is 0 Å². The van der Waals surface area contributed by atoms with Crippen molar-refractivity contribution in [2.75, 3.05) is 16.0 Å². The van der Waals surface area contributed by atoms with Gasteiger partial charge in [-0.2, -0.15) is 0 Å². The van der Waals surface area contributed by atoms with Crippen molar-refractivity contribution in [3.63, 3.8) is 0 Å². The van der Waals surface area contributed by atoms with Crippen molar-refractivity contribution in [3.05, 3.63) is 65.5 Å². The monoisotopic (exact) mass is 563 g/mol. The van der Waals surface area contributed by atoms with E-state index in [2.05, 4.69) is 21.7 Å². The summed E-state index contributed by atoms with van der Waals surface area (Å²) in [6.07, 6.45) is 6.49. The molecule has 8 nitrogen and oxygen atoms in total. The molecule has 0 spiro atoms. The number of hydrogen-bond donors (Lipinski definition) is 4. The fourth-order valence-electron chi connectivity index (χ4n) is 4.66. The van der Waals surface area contributed by atoms with Crippen molar-refractivity contribution in [3.8, 4) is 5.75 Å². The molecular formula is C26H33N3O5S3. The minimum Gasteiger partial charge on any atom is -0.506 e. The molecule has 1 unspecified atom stereocenters. The number of phenols is 1. The summed E-state index contributed by atoms with van der Waals surface area (Å²) in [7, 11) is -7.91. The third-order valence-corrected chi connectivity index (χ3v) is 10.9. The van der Waals surface area contributed by atoms with Gasteiger partial charge in [0.2, 0.25) is 0 Å². The third-order valence-electron chi connectivity index (χ3n) is 6.78. The second-order valence-electron chi connectivity index (χ2n) is 9.49. The van der Waals surface area contributed by atoms with E-state index in [9.17, 15) is 21.9 Å². The number of benzene rings is 2. The maximum absolute atomic E-state index is 13.1. The van der Waals surface area contributed by atoms with Gasteiger partial charge in [-0.3, -0.25) is 9.44 Å². The zero-order chi connectivity index (χ0) is 26.5. The minimum absolute atomic E-state index is 0.0867. The molecule has 0 bridgehead atoms. The summed E-state index contributed by atoms with van der Waals surface area (Å²) in [5.41, 5.74) is 1.15. The molecule has 4 N–H and O–H groups in total. The van der Waals surface area contributed by atoms with E-state index in [4.69, 9.17) is 0 Å². The summed E-state index contributed by atoms with van der Waals surface area (Å²) in [5, 5.41) is 15.5. The van der Waals surface area contributed by atoms with E-state index in [0.717, 1.165) is 35.4 Å². The summed E-state index contributed by atoms with van der Waals surface area (Å²) in [4.78, 5) is -0.183. The van der Waals surface area contributed by atoms with Crippen LogP contribution in [0.3, 0.4) is 0 Å². The van der Waals surface area contributed by atoms with Crippen molar-refractivity contribution >= 4 is 42.8 Å². The summed E-state index contributed by atoms with van der Waals surface area (Å²) >= 11 is 1.04. The minimum atomic E-state index is -4.03. The van der Waals surface area contributed by atoms with E-state index in [1.165, 1.54) is 50.3 Å². The van der Waals surface area contributed by atoms with Gasteiger partial charge in [0.25, 0.3) is 20.0 Å². The first-order chi connectivity index (χ1) is 17.7. The number of thiophene rings is 1. The molecule has 11 heteroatoms. The van der Waals surface area contributed by atoms with E-state index in [0.29, 0.717) is 18.2 Å². The van der Waals surface area contributed by atoms with Crippen LogP contribution in [0.25, 0.3) is 0 Å². The Bertz CT molecular complexity index is 1400. The van der Waals surface area contributed by atoms with E-state index in [1.807, 2.05) is 12.1 Å². The number of anilines is 2. The molecular weight excluding hydrogens is 531 g/mol. The largest absolute Gasteiger partial charge is 0.506 e. The predicted octanol–water partition coefficient (Wildman–Crippen LogP) is 5.36. The van der Waals surface area contributed by atoms with Gasteiger partial charge in [0.15, 0.2) is 0 Å². The molecule has 1 aliphatic rings. The van der Waals surface area contributed by atoms with Crippen LogP contribution in [-0.2, 0) is 26.6 Å². The molecule has 1 heterocycles. The van der Waals surface area contributed by atoms with Gasteiger partial charge in [-0.15, -0.1) is 11.3 Å². The Hall–Kier alpha value is -2.60. The maximum atomic E-state index is 13.1. The number of para-hydroxylation sites is 1. The van der Waals surface area contributed by atoms with Crippen LogP contribution in [0.4, 0.5) is 11.4 Å². The number of sulfonamides is 2. The zero-order valence-corrected chi connectivity index (χ0v) is 23.1. The lowest BCUT2D eigenvalue weighted by Crippen LogP contribution is -2.27. The summed E-state index contributed by atoms with van der Waals surface area (Å²) in [6.45, 7) is 3.65. The molecule has 1 aliphatic carbocycles. The smallest absolute Gasteiger partial charge is 0.271 e. The molecule has 0 amide bonds. The van der Waals surface area contributed by atoms with Gasteiger partial charge in [0, 0.05) is 12.6 Å². The van der Waals surface area contributed by atoms with Crippen LogP contribution in [0.15, 0.2) is 69.1 Å². The molecule has 1 aromatic heterocycles. The lowest BCUT2D eigenvalue weighted by molar-refractivity contribution is 0.256. The fraction of sp³-hybridized carbons (Fsp3) is 0.385. The van der Waals surface area contributed by atoms with Gasteiger partial charge in [0.05, 0.1) is 16.3 Å². The quantitative estimate of drug-likeness (QED) is 0.233. The highest BCUT2D eigenvalue weighted by Crippen LogP contribution is 2.31. The van der Waals surface area contributed by atoms with E-state index < -0.39 is 25.8 Å². The van der Waals surface area contributed by atoms with Crippen LogP contribution >= 0.6 is 11.3 Å². The first kappa shape index (κ1) is 27.4. The first-order valence-electron chi connectivity index (χ1n) is 12.4. The van der Waals surface area contributed by atoms with Crippen molar-refractivity contribution < 1.29 is 21.9 Å². The average molecular weight is 564 g/mol. The fourth-order valence-corrected chi connectivity index (χ4v) is 7.85. The van der Waals surface area contributed by atoms with Gasteiger partial charge in [-0.1, -0.05) is 63.3 Å². The van der Waals surface area contributed by atoms with Gasteiger partial charge >= 0.3 is 0 Å².